The van der Waals surface area contributed by atoms with Crippen molar-refractivity contribution in [3.8, 4) is 0 Å². The molecule has 0 N–H and O–H groups in total. The van der Waals surface area contributed by atoms with Gasteiger partial charge in [0, 0.05) is 12.1 Å². The highest BCUT2D eigenvalue weighted by Crippen LogP contribution is 2.36. The third-order valence-corrected chi connectivity index (χ3v) is 4.10. The molecule has 0 saturated heterocycles. The Morgan fingerprint density at radius 1 is 1.19 bits per heavy atom. The van der Waals surface area contributed by atoms with Gasteiger partial charge in [-0.15, -0.1) is 0 Å². The molecule has 0 aromatic carbocycles. The second kappa shape index (κ2) is 5.53. The fourth-order valence-electron chi connectivity index (χ4n) is 2.37. The van der Waals surface area contributed by atoms with Gasteiger partial charge in [-0.25, -0.2) is 0 Å². The molecule has 0 radical (unpaired) electrons. The summed E-state index contributed by atoms with van der Waals surface area (Å²) in [5, 5.41) is 0. The molecule has 1 saturated carbocycles. The maximum Gasteiger partial charge on any atom is 0.00980 e. The summed E-state index contributed by atoms with van der Waals surface area (Å²) in [6.07, 6.45) is 5.52. The van der Waals surface area contributed by atoms with Crippen LogP contribution >= 0.6 is 0 Å². The maximum absolute atomic E-state index is 2.75. The van der Waals surface area contributed by atoms with Crippen molar-refractivity contribution >= 4 is 0 Å². The first-order valence-electron chi connectivity index (χ1n) is 7.11. The molecule has 1 rings (SSSR count). The Morgan fingerprint density at radius 2 is 1.75 bits per heavy atom. The second-order valence-electron chi connectivity index (χ2n) is 6.88. The Labute approximate surface area is 103 Å². The van der Waals surface area contributed by atoms with E-state index in [1.54, 1.807) is 0 Å². The van der Waals surface area contributed by atoms with E-state index in [-0.39, 0.29) is 0 Å². The number of nitrogens with zero attached hydrogens (tertiary/aromatic N) is 1. The quantitative estimate of drug-likeness (QED) is 0.650. The number of hydrogen-bond donors (Lipinski definition) is 0. The van der Waals surface area contributed by atoms with Crippen molar-refractivity contribution in [2.45, 2.75) is 79.3 Å². The summed E-state index contributed by atoms with van der Waals surface area (Å²) in [5.74, 6) is 0.994. The van der Waals surface area contributed by atoms with Gasteiger partial charge < -0.3 is 0 Å². The molecule has 2 unspecified atom stereocenters. The summed E-state index contributed by atoms with van der Waals surface area (Å²) in [7, 11) is 0. The molecule has 0 aliphatic heterocycles. The van der Waals surface area contributed by atoms with Gasteiger partial charge in [-0.05, 0) is 57.4 Å². The number of rotatable bonds is 6. The zero-order valence-electron chi connectivity index (χ0n) is 12.2. The predicted octanol–water partition coefficient (Wildman–Crippen LogP) is 4.32. The van der Waals surface area contributed by atoms with Gasteiger partial charge in [-0.3, -0.25) is 4.90 Å². The van der Waals surface area contributed by atoms with Crippen molar-refractivity contribution in [1.82, 2.24) is 4.90 Å². The zero-order chi connectivity index (χ0) is 12.3. The van der Waals surface area contributed by atoms with Crippen molar-refractivity contribution in [1.29, 1.82) is 0 Å². The fraction of sp³-hybridized carbons (Fsp3) is 1.00. The van der Waals surface area contributed by atoms with Crippen LogP contribution in [0.25, 0.3) is 0 Å². The highest BCUT2D eigenvalue weighted by Gasteiger charge is 2.33. The minimum atomic E-state index is 0.467. The minimum Gasteiger partial charge on any atom is -0.298 e. The first kappa shape index (κ1) is 14.0. The topological polar surface area (TPSA) is 3.24 Å². The van der Waals surface area contributed by atoms with E-state index in [0.717, 1.165) is 18.0 Å². The monoisotopic (exact) mass is 225 g/mol. The van der Waals surface area contributed by atoms with E-state index in [4.69, 9.17) is 0 Å². The first-order chi connectivity index (χ1) is 7.35. The van der Waals surface area contributed by atoms with Crippen LogP contribution in [0.15, 0.2) is 0 Å². The van der Waals surface area contributed by atoms with E-state index in [9.17, 15) is 0 Å². The average Bonchev–Trinajstić information content (AvgIpc) is 2.98. The number of hydrogen-bond acceptors (Lipinski definition) is 1. The van der Waals surface area contributed by atoms with Crippen LogP contribution in [0.2, 0.25) is 0 Å². The molecule has 0 aromatic heterocycles. The molecule has 1 fully saturated rings. The fourth-order valence-corrected chi connectivity index (χ4v) is 2.37. The Kier molecular flexibility index (Phi) is 4.85. The van der Waals surface area contributed by atoms with Gasteiger partial charge in [-0.2, -0.15) is 0 Å². The lowest BCUT2D eigenvalue weighted by Gasteiger charge is -2.36. The average molecular weight is 225 g/mol. The van der Waals surface area contributed by atoms with Gasteiger partial charge in [0.1, 0.15) is 0 Å². The molecule has 16 heavy (non-hydrogen) atoms. The van der Waals surface area contributed by atoms with Gasteiger partial charge in [0.2, 0.25) is 0 Å². The SMILES string of the molecule is CCC(C)N(CCC(C)(C)C)C(C)C1CC1. The summed E-state index contributed by atoms with van der Waals surface area (Å²) in [5.41, 5.74) is 0.467. The third kappa shape index (κ3) is 4.45. The molecule has 0 heterocycles. The maximum atomic E-state index is 2.75. The van der Waals surface area contributed by atoms with Gasteiger partial charge in [0.05, 0.1) is 0 Å². The van der Waals surface area contributed by atoms with Gasteiger partial charge in [0.15, 0.2) is 0 Å². The van der Waals surface area contributed by atoms with Crippen molar-refractivity contribution in [2.75, 3.05) is 6.54 Å². The Morgan fingerprint density at radius 3 is 2.12 bits per heavy atom. The molecular formula is C15H31N. The molecule has 1 nitrogen and oxygen atoms in total. The molecule has 0 spiro atoms. The van der Waals surface area contributed by atoms with Crippen LogP contribution in [0.4, 0.5) is 0 Å². The Balaban J connectivity index is 2.49. The summed E-state index contributed by atoms with van der Waals surface area (Å²) in [4.78, 5) is 2.75. The van der Waals surface area contributed by atoms with Gasteiger partial charge in [0.25, 0.3) is 0 Å². The molecule has 0 bridgehead atoms. The van der Waals surface area contributed by atoms with Gasteiger partial charge >= 0.3 is 0 Å². The van der Waals surface area contributed by atoms with Crippen LogP contribution < -0.4 is 0 Å². The largest absolute Gasteiger partial charge is 0.298 e. The first-order valence-corrected chi connectivity index (χ1v) is 7.11. The van der Waals surface area contributed by atoms with E-state index in [1.165, 1.54) is 32.2 Å². The lowest BCUT2D eigenvalue weighted by molar-refractivity contribution is 0.117. The lowest BCUT2D eigenvalue weighted by atomic mass is 9.91. The molecule has 2 atom stereocenters. The van der Waals surface area contributed by atoms with E-state index < -0.39 is 0 Å². The highest BCUT2D eigenvalue weighted by atomic mass is 15.2. The smallest absolute Gasteiger partial charge is 0.00980 e. The molecule has 1 heteroatoms. The molecule has 0 amide bonds. The van der Waals surface area contributed by atoms with Gasteiger partial charge in [-0.1, -0.05) is 27.7 Å². The second-order valence-corrected chi connectivity index (χ2v) is 6.88. The Hall–Kier alpha value is -0.0400. The predicted molar refractivity (Wildman–Crippen MR) is 72.7 cm³/mol. The van der Waals surface area contributed by atoms with Crippen molar-refractivity contribution < 1.29 is 0 Å². The van der Waals surface area contributed by atoms with Crippen LogP contribution in [0.3, 0.4) is 0 Å². The zero-order valence-corrected chi connectivity index (χ0v) is 12.2. The summed E-state index contributed by atoms with van der Waals surface area (Å²) < 4.78 is 0. The standard InChI is InChI=1S/C15H31N/c1-7-12(2)16(11-10-15(4,5)6)13(3)14-8-9-14/h12-14H,7-11H2,1-6H3. The highest BCUT2D eigenvalue weighted by molar-refractivity contribution is 4.87. The van der Waals surface area contributed by atoms with Crippen LogP contribution in [-0.4, -0.2) is 23.5 Å². The Bertz CT molecular complexity index is 200. The molecule has 96 valence electrons. The van der Waals surface area contributed by atoms with Crippen LogP contribution in [0, 0.1) is 11.3 Å². The normalized spacial score (nSPS) is 21.2. The van der Waals surface area contributed by atoms with Crippen LogP contribution in [0.5, 0.6) is 0 Å². The minimum absolute atomic E-state index is 0.467. The van der Waals surface area contributed by atoms with E-state index in [0.29, 0.717) is 5.41 Å². The van der Waals surface area contributed by atoms with Crippen LogP contribution in [0.1, 0.15) is 67.2 Å². The van der Waals surface area contributed by atoms with Crippen molar-refractivity contribution in [3.05, 3.63) is 0 Å². The molecular weight excluding hydrogens is 194 g/mol. The van der Waals surface area contributed by atoms with Crippen molar-refractivity contribution in [3.63, 3.8) is 0 Å². The summed E-state index contributed by atoms with van der Waals surface area (Å²) in [6, 6.07) is 1.55. The van der Waals surface area contributed by atoms with E-state index in [2.05, 4.69) is 46.4 Å². The van der Waals surface area contributed by atoms with Crippen molar-refractivity contribution in [2.24, 2.45) is 11.3 Å². The lowest BCUT2D eigenvalue weighted by Crippen LogP contribution is -2.42. The molecule has 1 aliphatic rings. The summed E-state index contributed by atoms with van der Waals surface area (Å²) >= 11 is 0. The summed E-state index contributed by atoms with van der Waals surface area (Å²) in [6.45, 7) is 15.5. The molecule has 1 aliphatic carbocycles. The van der Waals surface area contributed by atoms with E-state index in [1.807, 2.05) is 0 Å². The van der Waals surface area contributed by atoms with E-state index >= 15 is 0 Å². The third-order valence-electron chi connectivity index (χ3n) is 4.10. The van der Waals surface area contributed by atoms with Crippen LogP contribution in [-0.2, 0) is 0 Å². The molecule has 0 aromatic rings.